The number of anilines is 1. The maximum atomic E-state index is 13.7. The first-order chi connectivity index (χ1) is 7.60. The molecule has 16 heavy (non-hydrogen) atoms. The molecule has 1 aromatic carbocycles. The van der Waals surface area contributed by atoms with E-state index in [1.54, 1.807) is 0 Å². The molecule has 2 N–H and O–H groups in total. The normalized spacial score (nSPS) is 12.3. The average molecular weight is 268 g/mol. The highest BCUT2D eigenvalue weighted by molar-refractivity contribution is 6.33. The van der Waals surface area contributed by atoms with E-state index in [-0.39, 0.29) is 28.9 Å². The summed E-state index contributed by atoms with van der Waals surface area (Å²) in [5.74, 6) is -0.431. The highest BCUT2D eigenvalue weighted by Gasteiger charge is 2.13. The molecule has 0 aliphatic carbocycles. The van der Waals surface area contributed by atoms with Crippen molar-refractivity contribution in [3.05, 3.63) is 23.0 Å². The second-order valence-corrected chi connectivity index (χ2v) is 3.84. The number of aliphatic hydroxyl groups is 1. The molecule has 6 heteroatoms. The topological polar surface area (TPSA) is 41.5 Å². The van der Waals surface area contributed by atoms with Gasteiger partial charge in [-0.15, -0.1) is 11.6 Å². The summed E-state index contributed by atoms with van der Waals surface area (Å²) < 4.78 is 18.5. The Kier molecular flexibility index (Phi) is 5.12. The second-order valence-electron chi connectivity index (χ2n) is 3.13. The van der Waals surface area contributed by atoms with Crippen molar-refractivity contribution < 1.29 is 14.2 Å². The summed E-state index contributed by atoms with van der Waals surface area (Å²) in [4.78, 5) is 0. The van der Waals surface area contributed by atoms with Crippen LogP contribution in [0.25, 0.3) is 0 Å². The van der Waals surface area contributed by atoms with E-state index in [1.165, 1.54) is 19.2 Å². The number of nitrogens with one attached hydrogen (secondary N) is 1. The Bertz CT molecular complexity index is 363. The number of rotatable bonds is 5. The molecule has 3 nitrogen and oxygen atoms in total. The molecule has 0 radical (unpaired) electrons. The Morgan fingerprint density at radius 3 is 2.81 bits per heavy atom. The van der Waals surface area contributed by atoms with Crippen LogP contribution in [-0.4, -0.2) is 30.7 Å². The molecular formula is C10H12Cl2FNO2. The predicted molar refractivity (Wildman–Crippen MR) is 63.2 cm³/mol. The van der Waals surface area contributed by atoms with Crippen LogP contribution in [0.5, 0.6) is 5.75 Å². The van der Waals surface area contributed by atoms with Crippen LogP contribution in [0, 0.1) is 5.82 Å². The molecule has 0 spiro atoms. The third-order valence-electron chi connectivity index (χ3n) is 1.97. The fourth-order valence-electron chi connectivity index (χ4n) is 1.13. The first kappa shape index (κ1) is 13.4. The fraction of sp³-hybridized carbons (Fsp3) is 0.400. The quantitative estimate of drug-likeness (QED) is 0.806. The molecule has 0 aromatic heterocycles. The Morgan fingerprint density at radius 2 is 2.25 bits per heavy atom. The molecule has 1 unspecified atom stereocenters. The first-order valence-electron chi connectivity index (χ1n) is 4.60. The number of methoxy groups -OCH3 is 1. The average Bonchev–Trinajstić information content (AvgIpc) is 2.28. The van der Waals surface area contributed by atoms with Crippen LogP contribution in [0.2, 0.25) is 5.02 Å². The molecule has 0 saturated carbocycles. The van der Waals surface area contributed by atoms with Gasteiger partial charge in [0.15, 0.2) is 11.6 Å². The Hall–Kier alpha value is -0.710. The van der Waals surface area contributed by atoms with E-state index < -0.39 is 11.9 Å². The van der Waals surface area contributed by atoms with Crippen molar-refractivity contribution in [2.24, 2.45) is 0 Å². The van der Waals surface area contributed by atoms with Crippen LogP contribution < -0.4 is 10.1 Å². The summed E-state index contributed by atoms with van der Waals surface area (Å²) >= 11 is 11.2. The SMILES string of the molecule is COc1ccc(Cl)c(NCC(O)CCl)c1F. The van der Waals surface area contributed by atoms with Crippen molar-refractivity contribution in [1.82, 2.24) is 0 Å². The van der Waals surface area contributed by atoms with Gasteiger partial charge in [0.25, 0.3) is 0 Å². The Labute approximate surface area is 103 Å². The highest BCUT2D eigenvalue weighted by Crippen LogP contribution is 2.31. The van der Waals surface area contributed by atoms with Gasteiger partial charge in [-0.05, 0) is 12.1 Å². The standard InChI is InChI=1S/C10H12Cl2FNO2/c1-16-8-3-2-7(12)10(9(8)13)14-5-6(15)4-11/h2-3,6,14-15H,4-5H2,1H3. The fourth-order valence-corrected chi connectivity index (χ4v) is 1.45. The minimum absolute atomic E-state index is 0.0657. The van der Waals surface area contributed by atoms with E-state index >= 15 is 0 Å². The third kappa shape index (κ3) is 3.14. The molecule has 0 aliphatic rings. The summed E-state index contributed by atoms with van der Waals surface area (Å²) in [5.41, 5.74) is 0.102. The van der Waals surface area contributed by atoms with Gasteiger partial charge in [-0.25, -0.2) is 4.39 Å². The molecule has 1 atom stereocenters. The number of alkyl halides is 1. The van der Waals surface area contributed by atoms with Crippen molar-refractivity contribution in [3.63, 3.8) is 0 Å². The van der Waals surface area contributed by atoms with Crippen molar-refractivity contribution in [1.29, 1.82) is 0 Å². The van der Waals surface area contributed by atoms with Gasteiger partial charge in [-0.1, -0.05) is 11.6 Å². The van der Waals surface area contributed by atoms with Gasteiger partial charge in [-0.2, -0.15) is 0 Å². The lowest BCUT2D eigenvalue weighted by Crippen LogP contribution is -2.21. The smallest absolute Gasteiger partial charge is 0.189 e. The Morgan fingerprint density at radius 1 is 1.56 bits per heavy atom. The van der Waals surface area contributed by atoms with Gasteiger partial charge < -0.3 is 15.2 Å². The molecule has 0 fully saturated rings. The summed E-state index contributed by atoms with van der Waals surface area (Å²) in [5, 5.41) is 12.1. The molecule has 0 heterocycles. The Balaban J connectivity index is 2.85. The molecule has 0 saturated heterocycles. The predicted octanol–water partition coefficient (Wildman–Crippen LogP) is 2.50. The monoisotopic (exact) mass is 267 g/mol. The van der Waals surface area contributed by atoms with E-state index in [2.05, 4.69) is 5.32 Å². The van der Waals surface area contributed by atoms with Crippen molar-refractivity contribution in [2.45, 2.75) is 6.10 Å². The van der Waals surface area contributed by atoms with E-state index in [9.17, 15) is 9.50 Å². The van der Waals surface area contributed by atoms with E-state index in [0.717, 1.165) is 0 Å². The lowest BCUT2D eigenvalue weighted by Gasteiger charge is -2.13. The van der Waals surface area contributed by atoms with Crippen LogP contribution in [0.4, 0.5) is 10.1 Å². The van der Waals surface area contributed by atoms with Gasteiger partial charge in [0.2, 0.25) is 0 Å². The number of ether oxygens (including phenoxy) is 1. The lowest BCUT2D eigenvalue weighted by molar-refractivity contribution is 0.211. The van der Waals surface area contributed by atoms with Crippen molar-refractivity contribution in [2.75, 3.05) is 24.9 Å². The first-order valence-corrected chi connectivity index (χ1v) is 5.51. The van der Waals surface area contributed by atoms with Crippen LogP contribution in [0.15, 0.2) is 12.1 Å². The molecule has 1 rings (SSSR count). The van der Waals surface area contributed by atoms with Gasteiger partial charge in [0.05, 0.1) is 29.8 Å². The summed E-state index contributed by atoms with van der Waals surface area (Å²) in [6.45, 7) is 0.118. The minimum Gasteiger partial charge on any atom is -0.494 e. The van der Waals surface area contributed by atoms with E-state index in [1.807, 2.05) is 0 Å². The van der Waals surface area contributed by atoms with Crippen LogP contribution in [-0.2, 0) is 0 Å². The van der Waals surface area contributed by atoms with Gasteiger partial charge in [-0.3, -0.25) is 0 Å². The molecule has 0 bridgehead atoms. The number of hydrogen-bond acceptors (Lipinski definition) is 3. The van der Waals surface area contributed by atoms with E-state index in [0.29, 0.717) is 0 Å². The largest absolute Gasteiger partial charge is 0.494 e. The zero-order valence-corrected chi connectivity index (χ0v) is 10.1. The van der Waals surface area contributed by atoms with Crippen LogP contribution >= 0.6 is 23.2 Å². The number of halogens is 3. The number of hydrogen-bond donors (Lipinski definition) is 2. The molecule has 1 aromatic rings. The van der Waals surface area contributed by atoms with Gasteiger partial charge in [0.1, 0.15) is 0 Å². The maximum absolute atomic E-state index is 13.7. The lowest BCUT2D eigenvalue weighted by atomic mass is 10.2. The minimum atomic E-state index is -0.761. The van der Waals surface area contributed by atoms with Crippen molar-refractivity contribution in [3.8, 4) is 5.75 Å². The summed E-state index contributed by atoms with van der Waals surface area (Å²) in [6.07, 6.45) is -0.761. The zero-order chi connectivity index (χ0) is 12.1. The van der Waals surface area contributed by atoms with Crippen LogP contribution in [0.3, 0.4) is 0 Å². The van der Waals surface area contributed by atoms with E-state index in [4.69, 9.17) is 27.9 Å². The zero-order valence-electron chi connectivity index (χ0n) is 8.64. The van der Waals surface area contributed by atoms with Crippen molar-refractivity contribution >= 4 is 28.9 Å². The van der Waals surface area contributed by atoms with Crippen LogP contribution in [0.1, 0.15) is 0 Å². The summed E-state index contributed by atoms with van der Waals surface area (Å²) in [6, 6.07) is 2.94. The second kappa shape index (κ2) is 6.13. The maximum Gasteiger partial charge on any atom is 0.189 e. The number of aliphatic hydroxyl groups excluding tert-OH is 1. The highest BCUT2D eigenvalue weighted by atomic mass is 35.5. The molecule has 0 aliphatic heterocycles. The third-order valence-corrected chi connectivity index (χ3v) is 2.64. The molecule has 0 amide bonds. The van der Waals surface area contributed by atoms with Gasteiger partial charge in [0, 0.05) is 6.54 Å². The molecular weight excluding hydrogens is 256 g/mol. The number of benzene rings is 1. The summed E-state index contributed by atoms with van der Waals surface area (Å²) in [7, 11) is 1.36. The molecule has 90 valence electrons. The van der Waals surface area contributed by atoms with Gasteiger partial charge >= 0.3 is 0 Å².